The van der Waals surface area contributed by atoms with E-state index < -0.39 is 10.0 Å². The Morgan fingerprint density at radius 2 is 1.83 bits per heavy atom. The van der Waals surface area contributed by atoms with Crippen LogP contribution in [0.25, 0.3) is 0 Å². The van der Waals surface area contributed by atoms with E-state index in [4.69, 9.17) is 0 Å². The third-order valence-electron chi connectivity index (χ3n) is 3.34. The molecule has 0 spiro atoms. The fourth-order valence-corrected chi connectivity index (χ4v) is 3.39. The second-order valence-corrected chi connectivity index (χ2v) is 6.36. The van der Waals surface area contributed by atoms with Gasteiger partial charge in [0.15, 0.2) is 0 Å². The van der Waals surface area contributed by atoms with Crippen molar-refractivity contribution in [2.45, 2.75) is 30.6 Å². The zero-order valence-electron chi connectivity index (χ0n) is 10.6. The summed E-state index contributed by atoms with van der Waals surface area (Å²) in [5.41, 5.74) is 1.24. The Kier molecular flexibility index (Phi) is 4.37. The van der Waals surface area contributed by atoms with Gasteiger partial charge in [-0.3, -0.25) is 0 Å². The Hall–Kier alpha value is -0.910. The average Bonchev–Trinajstić information content (AvgIpc) is 2.40. The van der Waals surface area contributed by atoms with Crippen molar-refractivity contribution in [1.29, 1.82) is 0 Å². The second-order valence-electron chi connectivity index (χ2n) is 4.59. The molecule has 0 amide bonds. The molecule has 1 aromatic rings. The number of hydrogen-bond acceptors (Lipinski definition) is 3. The number of benzene rings is 1. The molecule has 5 heteroatoms. The van der Waals surface area contributed by atoms with Crippen molar-refractivity contribution < 1.29 is 8.42 Å². The van der Waals surface area contributed by atoms with E-state index in [1.165, 1.54) is 5.56 Å². The van der Waals surface area contributed by atoms with E-state index in [1.54, 1.807) is 19.1 Å². The van der Waals surface area contributed by atoms with Crippen LogP contribution in [-0.4, -0.2) is 28.1 Å². The summed E-state index contributed by atoms with van der Waals surface area (Å²) in [4.78, 5) is 0.349. The van der Waals surface area contributed by atoms with E-state index >= 15 is 0 Å². The molecule has 18 heavy (non-hydrogen) atoms. The zero-order chi connectivity index (χ0) is 13.0. The fourth-order valence-electron chi connectivity index (χ4n) is 2.35. The van der Waals surface area contributed by atoms with Crippen molar-refractivity contribution in [2.24, 2.45) is 0 Å². The van der Waals surface area contributed by atoms with E-state index in [-0.39, 0.29) is 0 Å². The monoisotopic (exact) mass is 268 g/mol. The Bertz CT molecular complexity index is 476. The van der Waals surface area contributed by atoms with E-state index in [9.17, 15) is 8.42 Å². The molecule has 0 bridgehead atoms. The Morgan fingerprint density at radius 3 is 2.39 bits per heavy atom. The van der Waals surface area contributed by atoms with Crippen molar-refractivity contribution in [3.8, 4) is 0 Å². The smallest absolute Gasteiger partial charge is 0.240 e. The minimum absolute atomic E-state index is 0.349. The van der Waals surface area contributed by atoms with Gasteiger partial charge in [0.25, 0.3) is 0 Å². The molecule has 2 rings (SSSR count). The van der Waals surface area contributed by atoms with Crippen LogP contribution in [0.15, 0.2) is 29.2 Å². The first-order valence-corrected chi connectivity index (χ1v) is 7.92. The molecule has 1 fully saturated rings. The minimum atomic E-state index is -3.32. The van der Waals surface area contributed by atoms with Gasteiger partial charge in [0.2, 0.25) is 10.0 Å². The highest BCUT2D eigenvalue weighted by Gasteiger charge is 2.17. The predicted octanol–water partition coefficient (Wildman–Crippen LogP) is 1.45. The number of hydrogen-bond donors (Lipinski definition) is 2. The molecule has 0 aromatic heterocycles. The summed E-state index contributed by atoms with van der Waals surface area (Å²) < 4.78 is 26.1. The van der Waals surface area contributed by atoms with Crippen LogP contribution in [0, 0.1) is 0 Å². The molecule has 0 aliphatic carbocycles. The van der Waals surface area contributed by atoms with Gasteiger partial charge in [0.1, 0.15) is 0 Å². The van der Waals surface area contributed by atoms with Crippen molar-refractivity contribution in [3.63, 3.8) is 0 Å². The highest BCUT2D eigenvalue weighted by Crippen LogP contribution is 2.25. The molecule has 1 aromatic carbocycles. The SMILES string of the molecule is CCNS(=O)(=O)c1ccc(C2CCNCC2)cc1. The average molecular weight is 268 g/mol. The lowest BCUT2D eigenvalue weighted by Gasteiger charge is -2.23. The molecule has 1 saturated heterocycles. The van der Waals surface area contributed by atoms with Crippen LogP contribution < -0.4 is 10.0 Å². The van der Waals surface area contributed by atoms with E-state index in [2.05, 4.69) is 10.0 Å². The summed E-state index contributed by atoms with van der Waals surface area (Å²) in [6.45, 7) is 4.28. The summed E-state index contributed by atoms with van der Waals surface area (Å²) in [5.74, 6) is 0.558. The number of rotatable bonds is 4. The van der Waals surface area contributed by atoms with Gasteiger partial charge in [0, 0.05) is 6.54 Å². The minimum Gasteiger partial charge on any atom is -0.317 e. The summed E-state index contributed by atoms with van der Waals surface area (Å²) in [5, 5.41) is 3.33. The van der Waals surface area contributed by atoms with Gasteiger partial charge in [-0.2, -0.15) is 0 Å². The third kappa shape index (κ3) is 3.10. The van der Waals surface area contributed by atoms with Crippen molar-refractivity contribution in [1.82, 2.24) is 10.0 Å². The van der Waals surface area contributed by atoms with Crippen molar-refractivity contribution >= 4 is 10.0 Å². The summed E-state index contributed by atoms with van der Waals surface area (Å²) in [7, 11) is -3.32. The van der Waals surface area contributed by atoms with Crippen LogP contribution >= 0.6 is 0 Å². The molecule has 100 valence electrons. The van der Waals surface area contributed by atoms with Gasteiger partial charge < -0.3 is 5.32 Å². The Labute approximate surface area is 109 Å². The van der Waals surface area contributed by atoms with Gasteiger partial charge >= 0.3 is 0 Å². The van der Waals surface area contributed by atoms with Crippen molar-refractivity contribution in [3.05, 3.63) is 29.8 Å². The lowest BCUT2D eigenvalue weighted by molar-refractivity contribution is 0.460. The molecular formula is C13H20N2O2S. The van der Waals surface area contributed by atoms with Crippen LogP contribution in [0.4, 0.5) is 0 Å². The van der Waals surface area contributed by atoms with E-state index in [0.29, 0.717) is 17.4 Å². The van der Waals surface area contributed by atoms with Gasteiger partial charge in [0.05, 0.1) is 4.90 Å². The molecule has 1 aliphatic heterocycles. The van der Waals surface area contributed by atoms with Crippen LogP contribution in [-0.2, 0) is 10.0 Å². The summed E-state index contributed by atoms with van der Waals surface area (Å²) in [6.07, 6.45) is 2.25. The molecule has 1 aliphatic rings. The highest BCUT2D eigenvalue weighted by molar-refractivity contribution is 7.89. The molecule has 0 saturated carbocycles. The largest absolute Gasteiger partial charge is 0.317 e. The summed E-state index contributed by atoms with van der Waals surface area (Å²) in [6, 6.07) is 7.30. The second kappa shape index (κ2) is 5.82. The van der Waals surface area contributed by atoms with E-state index in [1.807, 2.05) is 12.1 Å². The van der Waals surface area contributed by atoms with Crippen LogP contribution in [0.5, 0.6) is 0 Å². The maximum Gasteiger partial charge on any atom is 0.240 e. The maximum absolute atomic E-state index is 11.8. The third-order valence-corrected chi connectivity index (χ3v) is 4.90. The lowest BCUT2D eigenvalue weighted by atomic mass is 9.90. The lowest BCUT2D eigenvalue weighted by Crippen LogP contribution is -2.26. The first-order chi connectivity index (χ1) is 8.63. The van der Waals surface area contributed by atoms with Crippen LogP contribution in [0.3, 0.4) is 0 Å². The highest BCUT2D eigenvalue weighted by atomic mass is 32.2. The predicted molar refractivity (Wildman–Crippen MR) is 72.1 cm³/mol. The van der Waals surface area contributed by atoms with Gasteiger partial charge in [-0.15, -0.1) is 0 Å². The first kappa shape index (κ1) is 13.5. The summed E-state index contributed by atoms with van der Waals surface area (Å²) >= 11 is 0. The Morgan fingerprint density at radius 1 is 1.22 bits per heavy atom. The normalized spacial score (nSPS) is 17.8. The molecule has 0 unspecified atom stereocenters. The molecule has 4 nitrogen and oxygen atoms in total. The van der Waals surface area contributed by atoms with Crippen LogP contribution in [0.1, 0.15) is 31.2 Å². The quantitative estimate of drug-likeness (QED) is 0.869. The zero-order valence-corrected chi connectivity index (χ0v) is 11.5. The van der Waals surface area contributed by atoms with Crippen molar-refractivity contribution in [2.75, 3.05) is 19.6 Å². The number of nitrogens with one attached hydrogen (secondary N) is 2. The maximum atomic E-state index is 11.8. The molecular weight excluding hydrogens is 248 g/mol. The number of sulfonamides is 1. The topological polar surface area (TPSA) is 58.2 Å². The number of piperidine rings is 1. The van der Waals surface area contributed by atoms with Gasteiger partial charge in [-0.05, 0) is 49.5 Å². The molecule has 2 N–H and O–H groups in total. The molecule has 1 heterocycles. The molecule has 0 radical (unpaired) electrons. The van der Waals surface area contributed by atoms with Gasteiger partial charge in [-0.1, -0.05) is 19.1 Å². The van der Waals surface area contributed by atoms with E-state index in [0.717, 1.165) is 25.9 Å². The van der Waals surface area contributed by atoms with Crippen LogP contribution in [0.2, 0.25) is 0 Å². The fraction of sp³-hybridized carbons (Fsp3) is 0.538. The first-order valence-electron chi connectivity index (χ1n) is 6.44. The Balaban J connectivity index is 2.14. The standard InChI is InChI=1S/C13H20N2O2S/c1-2-15-18(16,17)13-5-3-11(4-6-13)12-7-9-14-10-8-12/h3-6,12,14-15H,2,7-10H2,1H3. The molecule has 0 atom stereocenters. The van der Waals surface area contributed by atoms with Gasteiger partial charge in [-0.25, -0.2) is 13.1 Å².